The van der Waals surface area contributed by atoms with Gasteiger partial charge < -0.3 is 10.1 Å². The van der Waals surface area contributed by atoms with E-state index in [1.165, 1.54) is 12.8 Å². The molecule has 1 aromatic carbocycles. The lowest BCUT2D eigenvalue weighted by molar-refractivity contribution is 0.313. The SMILES string of the molecule is Clc1ccccc1OCCNC1CC1. The molecule has 1 aliphatic rings. The van der Waals surface area contributed by atoms with Crippen LogP contribution < -0.4 is 10.1 Å². The van der Waals surface area contributed by atoms with Crippen molar-refractivity contribution in [2.75, 3.05) is 13.2 Å². The number of rotatable bonds is 5. The first-order chi connectivity index (χ1) is 6.86. The first kappa shape index (κ1) is 9.81. The van der Waals surface area contributed by atoms with Crippen molar-refractivity contribution in [3.05, 3.63) is 29.3 Å². The highest BCUT2D eigenvalue weighted by molar-refractivity contribution is 6.32. The van der Waals surface area contributed by atoms with Gasteiger partial charge in [0.15, 0.2) is 0 Å². The smallest absolute Gasteiger partial charge is 0.137 e. The molecule has 0 heterocycles. The van der Waals surface area contributed by atoms with Crippen LogP contribution in [0.4, 0.5) is 0 Å². The third-order valence-corrected chi connectivity index (χ3v) is 2.52. The molecule has 0 aliphatic heterocycles. The monoisotopic (exact) mass is 211 g/mol. The minimum absolute atomic E-state index is 0.680. The Morgan fingerprint density at radius 1 is 1.36 bits per heavy atom. The Balaban J connectivity index is 1.71. The highest BCUT2D eigenvalue weighted by Crippen LogP contribution is 2.23. The Labute approximate surface area is 89.2 Å². The van der Waals surface area contributed by atoms with E-state index < -0.39 is 0 Å². The van der Waals surface area contributed by atoms with E-state index in [-0.39, 0.29) is 0 Å². The van der Waals surface area contributed by atoms with Crippen LogP contribution >= 0.6 is 11.6 Å². The summed E-state index contributed by atoms with van der Waals surface area (Å²) in [7, 11) is 0. The van der Waals surface area contributed by atoms with Crippen LogP contribution in [0.25, 0.3) is 0 Å². The van der Waals surface area contributed by atoms with Crippen molar-refractivity contribution in [2.24, 2.45) is 0 Å². The number of hydrogen-bond acceptors (Lipinski definition) is 2. The lowest BCUT2D eigenvalue weighted by Crippen LogP contribution is -2.22. The zero-order valence-corrected chi connectivity index (χ0v) is 8.76. The summed E-state index contributed by atoms with van der Waals surface area (Å²) < 4.78 is 5.52. The van der Waals surface area contributed by atoms with Gasteiger partial charge in [-0.2, -0.15) is 0 Å². The van der Waals surface area contributed by atoms with Crippen molar-refractivity contribution >= 4 is 11.6 Å². The van der Waals surface area contributed by atoms with Crippen LogP contribution in [-0.2, 0) is 0 Å². The molecule has 14 heavy (non-hydrogen) atoms. The zero-order chi connectivity index (χ0) is 9.80. The van der Waals surface area contributed by atoms with Crippen LogP contribution in [0.1, 0.15) is 12.8 Å². The summed E-state index contributed by atoms with van der Waals surface area (Å²) in [6, 6.07) is 8.29. The summed E-state index contributed by atoms with van der Waals surface area (Å²) in [5.41, 5.74) is 0. The summed E-state index contributed by atoms with van der Waals surface area (Å²) in [6.45, 7) is 1.58. The molecule has 76 valence electrons. The lowest BCUT2D eigenvalue weighted by Gasteiger charge is -2.07. The molecule has 0 unspecified atom stereocenters. The van der Waals surface area contributed by atoms with E-state index in [4.69, 9.17) is 16.3 Å². The maximum Gasteiger partial charge on any atom is 0.137 e. The minimum Gasteiger partial charge on any atom is -0.491 e. The predicted octanol–water partition coefficient (Wildman–Crippen LogP) is 2.47. The van der Waals surface area contributed by atoms with Gasteiger partial charge in [-0.05, 0) is 25.0 Å². The van der Waals surface area contributed by atoms with Crippen LogP contribution in [0, 0.1) is 0 Å². The summed E-state index contributed by atoms with van der Waals surface area (Å²) >= 11 is 5.93. The molecule has 0 radical (unpaired) electrons. The van der Waals surface area contributed by atoms with Crippen LogP contribution in [0.15, 0.2) is 24.3 Å². The van der Waals surface area contributed by atoms with Crippen molar-refractivity contribution in [3.63, 3.8) is 0 Å². The summed E-state index contributed by atoms with van der Waals surface area (Å²) in [6.07, 6.45) is 2.62. The fraction of sp³-hybridized carbons (Fsp3) is 0.455. The quantitative estimate of drug-likeness (QED) is 0.756. The Bertz CT molecular complexity index is 299. The van der Waals surface area contributed by atoms with Crippen molar-refractivity contribution in [1.29, 1.82) is 0 Å². The number of halogens is 1. The third-order valence-electron chi connectivity index (χ3n) is 2.21. The van der Waals surface area contributed by atoms with E-state index >= 15 is 0 Å². The second-order valence-corrected chi connectivity index (χ2v) is 3.91. The van der Waals surface area contributed by atoms with Crippen LogP contribution in [0.3, 0.4) is 0 Å². The molecule has 0 amide bonds. The standard InChI is InChI=1S/C11H14ClNO/c12-10-3-1-2-4-11(10)14-8-7-13-9-5-6-9/h1-4,9,13H,5-8H2. The number of ether oxygens (including phenoxy) is 1. The van der Waals surface area contributed by atoms with Gasteiger partial charge in [0.25, 0.3) is 0 Å². The van der Waals surface area contributed by atoms with E-state index in [0.29, 0.717) is 11.6 Å². The Morgan fingerprint density at radius 3 is 2.86 bits per heavy atom. The fourth-order valence-electron chi connectivity index (χ4n) is 1.27. The molecule has 0 aromatic heterocycles. The number of nitrogens with one attached hydrogen (secondary N) is 1. The van der Waals surface area contributed by atoms with Crippen LogP contribution in [0.2, 0.25) is 5.02 Å². The average molecular weight is 212 g/mol. The second kappa shape index (κ2) is 4.67. The molecule has 2 rings (SSSR count). The van der Waals surface area contributed by atoms with Gasteiger partial charge in [0.2, 0.25) is 0 Å². The van der Waals surface area contributed by atoms with E-state index in [1.54, 1.807) is 0 Å². The molecule has 0 atom stereocenters. The molecule has 0 bridgehead atoms. The highest BCUT2D eigenvalue weighted by atomic mass is 35.5. The van der Waals surface area contributed by atoms with Crippen molar-refractivity contribution in [1.82, 2.24) is 5.32 Å². The molecule has 1 aromatic rings. The molecular weight excluding hydrogens is 198 g/mol. The molecule has 0 saturated heterocycles. The summed E-state index contributed by atoms with van der Waals surface area (Å²) in [5.74, 6) is 0.770. The van der Waals surface area contributed by atoms with Gasteiger partial charge >= 0.3 is 0 Å². The summed E-state index contributed by atoms with van der Waals surface area (Å²) in [5, 5.41) is 4.06. The molecule has 0 spiro atoms. The number of para-hydroxylation sites is 1. The number of hydrogen-bond donors (Lipinski definition) is 1. The van der Waals surface area contributed by atoms with E-state index in [1.807, 2.05) is 24.3 Å². The largest absolute Gasteiger partial charge is 0.491 e. The topological polar surface area (TPSA) is 21.3 Å². The van der Waals surface area contributed by atoms with Crippen molar-refractivity contribution in [3.8, 4) is 5.75 Å². The van der Waals surface area contributed by atoms with E-state index in [0.717, 1.165) is 18.3 Å². The average Bonchev–Trinajstić information content (AvgIpc) is 2.99. The highest BCUT2D eigenvalue weighted by Gasteiger charge is 2.19. The molecule has 3 heteroatoms. The molecular formula is C11H14ClNO. The zero-order valence-electron chi connectivity index (χ0n) is 8.00. The number of benzene rings is 1. The maximum absolute atomic E-state index is 5.93. The van der Waals surface area contributed by atoms with Gasteiger partial charge in [0.05, 0.1) is 5.02 Å². The van der Waals surface area contributed by atoms with Gasteiger partial charge in [-0.15, -0.1) is 0 Å². The van der Waals surface area contributed by atoms with Crippen LogP contribution in [-0.4, -0.2) is 19.2 Å². The Hall–Kier alpha value is -0.730. The van der Waals surface area contributed by atoms with E-state index in [2.05, 4.69) is 5.32 Å². The van der Waals surface area contributed by atoms with Crippen LogP contribution in [0.5, 0.6) is 5.75 Å². The first-order valence-corrected chi connectivity index (χ1v) is 5.35. The van der Waals surface area contributed by atoms with Gasteiger partial charge in [0, 0.05) is 12.6 Å². The maximum atomic E-state index is 5.93. The second-order valence-electron chi connectivity index (χ2n) is 3.51. The fourth-order valence-corrected chi connectivity index (χ4v) is 1.46. The van der Waals surface area contributed by atoms with Gasteiger partial charge in [-0.25, -0.2) is 0 Å². The summed E-state index contributed by atoms with van der Waals surface area (Å²) in [4.78, 5) is 0. The predicted molar refractivity (Wildman–Crippen MR) is 58.0 cm³/mol. The molecule has 2 nitrogen and oxygen atoms in total. The van der Waals surface area contributed by atoms with Gasteiger partial charge in [-0.1, -0.05) is 23.7 Å². The molecule has 1 saturated carbocycles. The van der Waals surface area contributed by atoms with Gasteiger partial charge in [0.1, 0.15) is 12.4 Å². The lowest BCUT2D eigenvalue weighted by atomic mass is 10.3. The molecule has 1 N–H and O–H groups in total. The first-order valence-electron chi connectivity index (χ1n) is 4.97. The van der Waals surface area contributed by atoms with Crippen molar-refractivity contribution < 1.29 is 4.74 Å². The van der Waals surface area contributed by atoms with E-state index in [9.17, 15) is 0 Å². The normalized spacial score (nSPS) is 15.5. The Kier molecular flexibility index (Phi) is 3.27. The minimum atomic E-state index is 0.680. The van der Waals surface area contributed by atoms with Crippen molar-refractivity contribution in [2.45, 2.75) is 18.9 Å². The molecule has 1 fully saturated rings. The molecule has 1 aliphatic carbocycles. The van der Waals surface area contributed by atoms with Gasteiger partial charge in [-0.3, -0.25) is 0 Å². The Morgan fingerprint density at radius 2 is 2.14 bits per heavy atom. The third kappa shape index (κ3) is 2.89.